The molecule has 0 saturated heterocycles. The molecule has 0 saturated carbocycles. The van der Waals surface area contributed by atoms with Gasteiger partial charge >= 0.3 is 5.97 Å². The number of carbonyl (C=O) groups excluding carboxylic acids is 1. The molecule has 6 heteroatoms. The predicted octanol–water partition coefficient (Wildman–Crippen LogP) is 6.16. The Hall–Kier alpha value is -3.38. The van der Waals surface area contributed by atoms with E-state index < -0.39 is 5.97 Å². The van der Waals surface area contributed by atoms with Crippen LogP contribution in [0, 0.1) is 5.82 Å². The van der Waals surface area contributed by atoms with Crippen LogP contribution in [0.1, 0.15) is 16.7 Å². The normalized spacial score (nSPS) is 14.4. The van der Waals surface area contributed by atoms with Crippen molar-refractivity contribution in [3.05, 3.63) is 105 Å². The first-order chi connectivity index (χ1) is 15.0. The molecule has 0 aliphatic carbocycles. The van der Waals surface area contributed by atoms with E-state index >= 15 is 0 Å². The summed E-state index contributed by atoms with van der Waals surface area (Å²) in [4.78, 5) is 12.3. The number of halogens is 2. The maximum atomic E-state index is 13.0. The molecule has 0 radical (unpaired) electrons. The second-order valence-corrected chi connectivity index (χ2v) is 7.69. The maximum Gasteiger partial charge on any atom is 0.343 e. The first-order valence-corrected chi connectivity index (χ1v) is 10.3. The first kappa shape index (κ1) is 20.9. The van der Waals surface area contributed by atoms with E-state index in [4.69, 9.17) is 14.2 Å². The van der Waals surface area contributed by atoms with Crippen molar-refractivity contribution in [2.75, 3.05) is 7.11 Å². The molecule has 4 rings (SSSR count). The lowest BCUT2D eigenvalue weighted by atomic mass is 10.1. The van der Waals surface area contributed by atoms with Crippen molar-refractivity contribution in [1.82, 2.24) is 0 Å². The number of cyclic esters (lactones) is 1. The van der Waals surface area contributed by atoms with Crippen molar-refractivity contribution in [2.45, 2.75) is 6.61 Å². The van der Waals surface area contributed by atoms with Gasteiger partial charge < -0.3 is 14.2 Å². The Kier molecular flexibility index (Phi) is 6.18. The van der Waals surface area contributed by atoms with E-state index in [1.54, 1.807) is 31.4 Å². The van der Waals surface area contributed by atoms with Crippen LogP contribution in [0.5, 0.6) is 11.5 Å². The molecule has 156 valence electrons. The van der Waals surface area contributed by atoms with Gasteiger partial charge in [-0.15, -0.1) is 0 Å². The van der Waals surface area contributed by atoms with E-state index in [2.05, 4.69) is 15.9 Å². The predicted molar refractivity (Wildman–Crippen MR) is 120 cm³/mol. The molecule has 0 aromatic heterocycles. The summed E-state index contributed by atoms with van der Waals surface area (Å²) >= 11 is 3.50. The summed E-state index contributed by atoms with van der Waals surface area (Å²) in [7, 11) is 1.60. The summed E-state index contributed by atoms with van der Waals surface area (Å²) in [5.41, 5.74) is 2.94. The maximum absolute atomic E-state index is 13.0. The molecule has 1 aliphatic heterocycles. The molecule has 1 heterocycles. The zero-order valence-electron chi connectivity index (χ0n) is 16.6. The van der Waals surface area contributed by atoms with Gasteiger partial charge in [0.05, 0.1) is 17.2 Å². The van der Waals surface area contributed by atoms with Gasteiger partial charge in [-0.2, -0.15) is 0 Å². The van der Waals surface area contributed by atoms with Crippen molar-refractivity contribution in [3.63, 3.8) is 0 Å². The fourth-order valence-corrected chi connectivity index (χ4v) is 3.54. The van der Waals surface area contributed by atoms with Gasteiger partial charge in [0.1, 0.15) is 29.7 Å². The summed E-state index contributed by atoms with van der Waals surface area (Å²) in [6.45, 7) is 0.319. The number of benzene rings is 3. The number of rotatable bonds is 6. The summed E-state index contributed by atoms with van der Waals surface area (Å²) in [5.74, 6) is 1.19. The number of ether oxygens (including phenoxy) is 3. The molecule has 0 bridgehead atoms. The van der Waals surface area contributed by atoms with E-state index in [1.807, 2.05) is 42.5 Å². The standard InChI is InChI=1S/C25H18BrFO4/c1-29-21-9-5-18(6-10-21)24-14-19(25(28)31-24)12-17-4-11-23(22(26)13-17)30-15-16-2-7-20(27)8-3-16/h2-14H,15H2,1H3/b19-12+. The van der Waals surface area contributed by atoms with Crippen LogP contribution in [0.25, 0.3) is 11.8 Å². The Balaban J connectivity index is 1.48. The zero-order valence-corrected chi connectivity index (χ0v) is 18.2. The Morgan fingerprint density at radius 2 is 1.77 bits per heavy atom. The second kappa shape index (κ2) is 9.18. The number of hydrogen-bond acceptors (Lipinski definition) is 4. The lowest BCUT2D eigenvalue weighted by molar-refractivity contribution is -0.130. The fraction of sp³-hybridized carbons (Fsp3) is 0.0800. The molecule has 0 unspecified atom stereocenters. The van der Waals surface area contributed by atoms with Crippen LogP contribution < -0.4 is 9.47 Å². The zero-order chi connectivity index (χ0) is 21.8. The van der Waals surface area contributed by atoms with Crippen LogP contribution in [-0.2, 0) is 16.1 Å². The average molecular weight is 481 g/mol. The molecular formula is C25H18BrFO4. The highest BCUT2D eigenvalue weighted by molar-refractivity contribution is 9.10. The molecule has 3 aromatic carbocycles. The van der Waals surface area contributed by atoms with Gasteiger partial charge in [0, 0.05) is 5.56 Å². The summed E-state index contributed by atoms with van der Waals surface area (Å²) in [6.07, 6.45) is 3.48. The molecule has 0 amide bonds. The number of esters is 1. The van der Waals surface area contributed by atoms with Gasteiger partial charge in [-0.1, -0.05) is 18.2 Å². The van der Waals surface area contributed by atoms with Crippen molar-refractivity contribution in [3.8, 4) is 11.5 Å². The lowest BCUT2D eigenvalue weighted by Gasteiger charge is -2.09. The van der Waals surface area contributed by atoms with Crippen LogP contribution in [-0.4, -0.2) is 13.1 Å². The van der Waals surface area contributed by atoms with Crippen LogP contribution in [0.2, 0.25) is 0 Å². The average Bonchev–Trinajstić information content (AvgIpc) is 3.14. The van der Waals surface area contributed by atoms with Gasteiger partial charge in [0.25, 0.3) is 0 Å². The van der Waals surface area contributed by atoms with Gasteiger partial charge in [-0.25, -0.2) is 9.18 Å². The molecule has 0 spiro atoms. The van der Waals surface area contributed by atoms with Gasteiger partial charge in [0.2, 0.25) is 0 Å². The highest BCUT2D eigenvalue weighted by Crippen LogP contribution is 2.31. The minimum atomic E-state index is -0.404. The minimum Gasteiger partial charge on any atom is -0.497 e. The van der Waals surface area contributed by atoms with Crippen molar-refractivity contribution >= 4 is 33.7 Å². The van der Waals surface area contributed by atoms with Gasteiger partial charge in [-0.3, -0.25) is 0 Å². The van der Waals surface area contributed by atoms with E-state index in [1.165, 1.54) is 12.1 Å². The molecule has 0 atom stereocenters. The highest BCUT2D eigenvalue weighted by atomic mass is 79.9. The van der Waals surface area contributed by atoms with Gasteiger partial charge in [0.15, 0.2) is 0 Å². The van der Waals surface area contributed by atoms with Crippen molar-refractivity contribution in [2.24, 2.45) is 0 Å². The SMILES string of the molecule is COc1ccc(C2=C/C(=C\c3ccc(OCc4ccc(F)cc4)c(Br)c3)C(=O)O2)cc1. The smallest absolute Gasteiger partial charge is 0.343 e. The van der Waals surface area contributed by atoms with Crippen LogP contribution in [0.3, 0.4) is 0 Å². The molecule has 1 aliphatic rings. The van der Waals surface area contributed by atoms with Crippen LogP contribution in [0.15, 0.2) is 82.9 Å². The molecule has 4 nitrogen and oxygen atoms in total. The number of hydrogen-bond donors (Lipinski definition) is 0. The highest BCUT2D eigenvalue weighted by Gasteiger charge is 2.22. The van der Waals surface area contributed by atoms with Crippen LogP contribution >= 0.6 is 15.9 Å². The minimum absolute atomic E-state index is 0.281. The summed E-state index contributed by atoms with van der Waals surface area (Å²) in [6, 6.07) is 19.0. The molecule has 0 N–H and O–H groups in total. The van der Waals surface area contributed by atoms with E-state index in [0.29, 0.717) is 23.7 Å². The third-order valence-corrected chi connectivity index (χ3v) is 5.30. The third-order valence-electron chi connectivity index (χ3n) is 4.69. The molecule has 0 fully saturated rings. The molecule has 31 heavy (non-hydrogen) atoms. The Morgan fingerprint density at radius 3 is 2.45 bits per heavy atom. The topological polar surface area (TPSA) is 44.8 Å². The second-order valence-electron chi connectivity index (χ2n) is 6.83. The van der Waals surface area contributed by atoms with Gasteiger partial charge in [-0.05, 0) is 87.7 Å². The number of methoxy groups -OCH3 is 1. The van der Waals surface area contributed by atoms with E-state index in [9.17, 15) is 9.18 Å². The first-order valence-electron chi connectivity index (χ1n) is 9.48. The van der Waals surface area contributed by atoms with E-state index in [0.717, 1.165) is 26.9 Å². The number of carbonyl (C=O) groups is 1. The van der Waals surface area contributed by atoms with Crippen molar-refractivity contribution in [1.29, 1.82) is 0 Å². The summed E-state index contributed by atoms with van der Waals surface area (Å²) in [5, 5.41) is 0. The Labute approximate surface area is 187 Å². The Morgan fingerprint density at radius 1 is 1.03 bits per heavy atom. The summed E-state index contributed by atoms with van der Waals surface area (Å²) < 4.78 is 30.1. The fourth-order valence-electron chi connectivity index (χ4n) is 3.03. The monoisotopic (exact) mass is 480 g/mol. The lowest BCUT2D eigenvalue weighted by Crippen LogP contribution is -1.98. The molecular weight excluding hydrogens is 463 g/mol. The van der Waals surface area contributed by atoms with Crippen molar-refractivity contribution < 1.29 is 23.4 Å². The quantitative estimate of drug-likeness (QED) is 0.313. The van der Waals surface area contributed by atoms with Crippen LogP contribution in [0.4, 0.5) is 4.39 Å². The largest absolute Gasteiger partial charge is 0.497 e. The Bertz CT molecular complexity index is 1170. The molecule has 3 aromatic rings. The van der Waals surface area contributed by atoms with E-state index in [-0.39, 0.29) is 5.82 Å². The third kappa shape index (κ3) is 5.03.